The average molecular weight is 483 g/mol. The first kappa shape index (κ1) is 22.3. The number of carbonyl (C=O) groups excluding carboxylic acids is 2. The molecule has 4 aromatic rings. The Morgan fingerprint density at radius 2 is 1.62 bits per heavy atom. The number of anilines is 1. The number of hydrogen-bond donors (Lipinski definition) is 1. The molecule has 0 saturated carbocycles. The molecule has 0 aliphatic carbocycles. The summed E-state index contributed by atoms with van der Waals surface area (Å²) in [5.74, 6) is -0.530. The number of benzene rings is 4. The van der Waals surface area contributed by atoms with Gasteiger partial charge in [-0.05, 0) is 70.8 Å². The fourth-order valence-corrected chi connectivity index (χ4v) is 5.64. The maximum absolute atomic E-state index is 13.4. The van der Waals surface area contributed by atoms with Crippen LogP contribution in [0.4, 0.5) is 5.69 Å². The van der Waals surface area contributed by atoms with Crippen molar-refractivity contribution < 1.29 is 9.59 Å². The van der Waals surface area contributed by atoms with E-state index < -0.39 is 6.04 Å². The van der Waals surface area contributed by atoms with Crippen LogP contribution >= 0.6 is 24.0 Å². The largest absolute Gasteiger partial charge is 0.324 e. The molecular weight excluding hydrogens is 460 g/mol. The third-order valence-corrected chi connectivity index (χ3v) is 7.29. The summed E-state index contributed by atoms with van der Waals surface area (Å²) in [5, 5.41) is 7.24. The van der Waals surface area contributed by atoms with Gasteiger partial charge in [-0.15, -0.1) is 0 Å². The van der Waals surface area contributed by atoms with Crippen LogP contribution in [0.25, 0.3) is 27.6 Å². The lowest BCUT2D eigenvalue weighted by Gasteiger charge is -2.22. The predicted molar refractivity (Wildman–Crippen MR) is 146 cm³/mol. The highest BCUT2D eigenvalue weighted by molar-refractivity contribution is 8.26. The zero-order valence-corrected chi connectivity index (χ0v) is 20.4. The van der Waals surface area contributed by atoms with Gasteiger partial charge in [-0.2, -0.15) is 0 Å². The van der Waals surface area contributed by atoms with Crippen LogP contribution < -0.4 is 5.32 Å². The summed E-state index contributed by atoms with van der Waals surface area (Å²) in [4.78, 5) is 28.3. The highest BCUT2D eigenvalue weighted by atomic mass is 32.2. The quantitative estimate of drug-likeness (QED) is 0.204. The van der Waals surface area contributed by atoms with Gasteiger partial charge in [-0.25, -0.2) is 0 Å². The average Bonchev–Trinajstić information content (AvgIpc) is 3.11. The number of amides is 2. The number of rotatable bonds is 4. The zero-order valence-electron chi connectivity index (χ0n) is 18.7. The molecule has 0 spiro atoms. The maximum atomic E-state index is 13.4. The van der Waals surface area contributed by atoms with Crippen molar-refractivity contribution in [3.8, 4) is 0 Å². The molecule has 1 unspecified atom stereocenters. The van der Waals surface area contributed by atoms with E-state index in [1.807, 2.05) is 61.5 Å². The monoisotopic (exact) mass is 482 g/mol. The Balaban J connectivity index is 1.49. The molecule has 1 fully saturated rings. The number of thiocarbonyl (C=S) groups is 1. The van der Waals surface area contributed by atoms with Crippen LogP contribution in [-0.4, -0.2) is 27.1 Å². The topological polar surface area (TPSA) is 49.4 Å². The van der Waals surface area contributed by atoms with E-state index in [-0.39, 0.29) is 11.8 Å². The molecule has 1 atom stereocenters. The van der Waals surface area contributed by atoms with Crippen molar-refractivity contribution in [2.24, 2.45) is 0 Å². The predicted octanol–water partition coefficient (Wildman–Crippen LogP) is 6.53. The van der Waals surface area contributed by atoms with Gasteiger partial charge in [-0.1, -0.05) is 84.6 Å². The molecule has 5 rings (SSSR count). The molecule has 4 nitrogen and oxygen atoms in total. The SMILES string of the molecule is Cc1cccc(NC(=O)C(C)N2C(=O)/C(=C/c3c4ccccc4cc4ccccc34)SC2=S)c1. The summed E-state index contributed by atoms with van der Waals surface area (Å²) in [6, 6.07) is 25.3. The van der Waals surface area contributed by atoms with Gasteiger partial charge in [0.05, 0.1) is 4.91 Å². The second kappa shape index (κ2) is 9.05. The molecule has 0 radical (unpaired) electrons. The lowest BCUT2D eigenvalue weighted by Crippen LogP contribution is -2.44. The lowest BCUT2D eigenvalue weighted by atomic mass is 9.96. The molecule has 34 heavy (non-hydrogen) atoms. The summed E-state index contributed by atoms with van der Waals surface area (Å²) in [6.07, 6.45) is 1.91. The Hall–Kier alpha value is -3.48. The van der Waals surface area contributed by atoms with E-state index in [9.17, 15) is 9.59 Å². The van der Waals surface area contributed by atoms with Crippen LogP contribution in [0.1, 0.15) is 18.1 Å². The molecule has 6 heteroatoms. The van der Waals surface area contributed by atoms with E-state index in [1.165, 1.54) is 16.7 Å². The van der Waals surface area contributed by atoms with Crippen molar-refractivity contribution in [3.05, 3.63) is 94.9 Å². The minimum absolute atomic E-state index is 0.251. The van der Waals surface area contributed by atoms with Gasteiger partial charge in [0, 0.05) is 5.69 Å². The number of nitrogens with one attached hydrogen (secondary N) is 1. The fraction of sp³-hybridized carbons (Fsp3) is 0.107. The van der Waals surface area contributed by atoms with Crippen LogP contribution in [-0.2, 0) is 9.59 Å². The minimum Gasteiger partial charge on any atom is -0.324 e. The molecule has 1 saturated heterocycles. The minimum atomic E-state index is -0.733. The van der Waals surface area contributed by atoms with Gasteiger partial charge in [0.1, 0.15) is 10.4 Å². The summed E-state index contributed by atoms with van der Waals surface area (Å²) >= 11 is 6.77. The van der Waals surface area contributed by atoms with E-state index in [2.05, 4.69) is 35.6 Å². The van der Waals surface area contributed by atoms with Crippen molar-refractivity contribution in [1.82, 2.24) is 4.90 Å². The van der Waals surface area contributed by atoms with Crippen LogP contribution in [0.15, 0.2) is 83.8 Å². The second-order valence-corrected chi connectivity index (χ2v) is 9.99. The van der Waals surface area contributed by atoms with E-state index in [0.717, 1.165) is 32.7 Å². The fourth-order valence-electron chi connectivity index (χ4n) is 4.24. The molecule has 168 valence electrons. The van der Waals surface area contributed by atoms with Gasteiger partial charge >= 0.3 is 0 Å². The third-order valence-electron chi connectivity index (χ3n) is 5.96. The van der Waals surface area contributed by atoms with Crippen LogP contribution in [0.3, 0.4) is 0 Å². The Kier molecular flexibility index (Phi) is 5.94. The maximum Gasteiger partial charge on any atom is 0.266 e. The lowest BCUT2D eigenvalue weighted by molar-refractivity contribution is -0.129. The van der Waals surface area contributed by atoms with E-state index in [1.54, 1.807) is 6.92 Å². The number of aryl methyl sites for hydroxylation is 1. The first-order valence-corrected chi connectivity index (χ1v) is 12.2. The summed E-state index contributed by atoms with van der Waals surface area (Å²) < 4.78 is 0.382. The molecule has 1 aliphatic rings. The molecule has 1 aliphatic heterocycles. The van der Waals surface area contributed by atoms with Gasteiger partial charge in [0.25, 0.3) is 5.91 Å². The number of thioether (sulfide) groups is 1. The standard InChI is InChI=1S/C28H22N2O2S2/c1-17-8-7-11-21(14-17)29-26(31)18(2)30-27(32)25(34-28(30)33)16-24-22-12-5-3-9-19(22)15-20-10-4-6-13-23(20)24/h3-16,18H,1-2H3,(H,29,31)/b25-16-. The Morgan fingerprint density at radius 3 is 2.26 bits per heavy atom. The zero-order chi connectivity index (χ0) is 23.8. The molecule has 2 amide bonds. The van der Waals surface area contributed by atoms with Crippen molar-refractivity contribution in [2.45, 2.75) is 19.9 Å². The number of carbonyl (C=O) groups is 2. The highest BCUT2D eigenvalue weighted by Gasteiger charge is 2.38. The highest BCUT2D eigenvalue weighted by Crippen LogP contribution is 2.37. The number of hydrogen-bond acceptors (Lipinski definition) is 4. The first-order chi connectivity index (χ1) is 16.4. The van der Waals surface area contributed by atoms with Gasteiger partial charge in [0.2, 0.25) is 5.91 Å². The van der Waals surface area contributed by atoms with Crippen molar-refractivity contribution in [3.63, 3.8) is 0 Å². The van der Waals surface area contributed by atoms with E-state index >= 15 is 0 Å². The van der Waals surface area contributed by atoms with Crippen LogP contribution in [0.5, 0.6) is 0 Å². The third kappa shape index (κ3) is 4.11. The van der Waals surface area contributed by atoms with Gasteiger partial charge in [0.15, 0.2) is 0 Å². The van der Waals surface area contributed by atoms with E-state index in [0.29, 0.717) is 14.9 Å². The van der Waals surface area contributed by atoms with Crippen molar-refractivity contribution in [1.29, 1.82) is 0 Å². The Bertz CT molecular complexity index is 1460. The summed E-state index contributed by atoms with van der Waals surface area (Å²) in [6.45, 7) is 3.66. The smallest absolute Gasteiger partial charge is 0.266 e. The summed E-state index contributed by atoms with van der Waals surface area (Å²) in [7, 11) is 0. The molecular formula is C28H22N2O2S2. The molecule has 1 heterocycles. The van der Waals surface area contributed by atoms with Crippen LogP contribution in [0, 0.1) is 6.92 Å². The van der Waals surface area contributed by atoms with Crippen molar-refractivity contribution in [2.75, 3.05) is 5.32 Å². The second-order valence-electron chi connectivity index (χ2n) is 8.32. The first-order valence-electron chi connectivity index (χ1n) is 11.0. The Labute approximate surface area is 207 Å². The number of nitrogens with zero attached hydrogens (tertiary/aromatic N) is 1. The van der Waals surface area contributed by atoms with Crippen LogP contribution in [0.2, 0.25) is 0 Å². The number of fused-ring (bicyclic) bond motifs is 2. The van der Waals surface area contributed by atoms with Gasteiger partial charge in [-0.3, -0.25) is 14.5 Å². The Morgan fingerprint density at radius 1 is 0.971 bits per heavy atom. The van der Waals surface area contributed by atoms with Crippen molar-refractivity contribution >= 4 is 73.4 Å². The van der Waals surface area contributed by atoms with Gasteiger partial charge < -0.3 is 5.32 Å². The van der Waals surface area contributed by atoms with E-state index in [4.69, 9.17) is 12.2 Å². The molecule has 0 bridgehead atoms. The molecule has 1 N–H and O–H groups in total. The molecule has 4 aromatic carbocycles. The molecule has 0 aromatic heterocycles. The normalized spacial score (nSPS) is 15.9. The summed E-state index contributed by atoms with van der Waals surface area (Å²) in [5.41, 5.74) is 2.72.